The minimum atomic E-state index is -0.410. The molecule has 0 saturated heterocycles. The van der Waals surface area contributed by atoms with E-state index in [1.807, 2.05) is 24.9 Å². The van der Waals surface area contributed by atoms with Crippen molar-refractivity contribution in [2.75, 3.05) is 7.05 Å². The molecule has 0 N–H and O–H groups in total. The Labute approximate surface area is 114 Å². The standard InChI is InChI=1S/C12H14BrN3O2/c1-9(6-7-14)15(2)8-10-4-3-5-11(12(10)13)16(17)18/h3-5,9H,6,8H2,1-2H3. The van der Waals surface area contributed by atoms with Crippen LogP contribution in [0.4, 0.5) is 5.69 Å². The maximum atomic E-state index is 10.8. The molecule has 0 amide bonds. The third kappa shape index (κ3) is 3.52. The van der Waals surface area contributed by atoms with E-state index in [0.29, 0.717) is 17.4 Å². The fourth-order valence-electron chi connectivity index (χ4n) is 1.54. The number of hydrogen-bond acceptors (Lipinski definition) is 4. The molecule has 1 aromatic rings. The van der Waals surface area contributed by atoms with Crippen LogP contribution in [0.3, 0.4) is 0 Å². The third-order valence-corrected chi connectivity index (χ3v) is 3.73. The zero-order valence-electron chi connectivity index (χ0n) is 10.3. The topological polar surface area (TPSA) is 70.2 Å². The molecule has 0 aliphatic rings. The van der Waals surface area contributed by atoms with Crippen LogP contribution >= 0.6 is 15.9 Å². The van der Waals surface area contributed by atoms with E-state index in [-0.39, 0.29) is 11.7 Å². The maximum absolute atomic E-state index is 10.8. The van der Waals surface area contributed by atoms with Crippen molar-refractivity contribution < 1.29 is 4.92 Å². The minimum absolute atomic E-state index is 0.0637. The summed E-state index contributed by atoms with van der Waals surface area (Å²) in [7, 11) is 1.90. The van der Waals surface area contributed by atoms with Gasteiger partial charge in [0.1, 0.15) is 0 Å². The smallest absolute Gasteiger partial charge is 0.283 e. The molecule has 5 nitrogen and oxygen atoms in total. The molecular formula is C12H14BrN3O2. The van der Waals surface area contributed by atoms with Crippen LogP contribution in [0.5, 0.6) is 0 Å². The van der Waals surface area contributed by atoms with Crippen molar-refractivity contribution >= 4 is 21.6 Å². The number of nitrogens with zero attached hydrogens (tertiary/aromatic N) is 3. The van der Waals surface area contributed by atoms with E-state index in [1.165, 1.54) is 6.07 Å². The van der Waals surface area contributed by atoms with E-state index in [4.69, 9.17) is 5.26 Å². The molecule has 0 aliphatic heterocycles. The lowest BCUT2D eigenvalue weighted by Crippen LogP contribution is -2.28. The lowest BCUT2D eigenvalue weighted by atomic mass is 10.1. The second-order valence-electron chi connectivity index (χ2n) is 4.13. The molecule has 0 saturated carbocycles. The number of nitriles is 1. The Morgan fingerprint density at radius 1 is 1.61 bits per heavy atom. The van der Waals surface area contributed by atoms with Crippen LogP contribution in [0.1, 0.15) is 18.9 Å². The minimum Gasteiger partial charge on any atom is -0.298 e. The molecule has 0 aliphatic carbocycles. The summed E-state index contributed by atoms with van der Waals surface area (Å²) < 4.78 is 0.506. The molecule has 1 rings (SSSR count). The first kappa shape index (κ1) is 14.6. The summed E-state index contributed by atoms with van der Waals surface area (Å²) in [6, 6.07) is 7.20. The van der Waals surface area contributed by atoms with Gasteiger partial charge in [-0.2, -0.15) is 5.26 Å². The normalized spacial score (nSPS) is 12.2. The van der Waals surface area contributed by atoms with E-state index in [0.717, 1.165) is 5.56 Å². The monoisotopic (exact) mass is 311 g/mol. The van der Waals surface area contributed by atoms with E-state index in [9.17, 15) is 10.1 Å². The SMILES string of the molecule is CC(CC#N)N(C)Cc1cccc([N+](=O)[O-])c1Br. The number of nitro groups is 1. The summed E-state index contributed by atoms with van der Waals surface area (Å²) in [6.07, 6.45) is 0.434. The number of halogens is 1. The highest BCUT2D eigenvalue weighted by atomic mass is 79.9. The molecule has 0 spiro atoms. The summed E-state index contributed by atoms with van der Waals surface area (Å²) in [5.41, 5.74) is 0.908. The van der Waals surface area contributed by atoms with Crippen molar-refractivity contribution in [1.82, 2.24) is 4.90 Å². The summed E-state index contributed by atoms with van der Waals surface area (Å²) in [5, 5.41) is 19.5. The Hall–Kier alpha value is -1.45. The van der Waals surface area contributed by atoms with Crippen molar-refractivity contribution in [3.63, 3.8) is 0 Å². The van der Waals surface area contributed by atoms with Gasteiger partial charge in [0.25, 0.3) is 5.69 Å². The third-order valence-electron chi connectivity index (χ3n) is 2.81. The number of hydrogen-bond donors (Lipinski definition) is 0. The first-order valence-corrected chi connectivity index (χ1v) is 6.25. The highest BCUT2D eigenvalue weighted by molar-refractivity contribution is 9.10. The van der Waals surface area contributed by atoms with Crippen molar-refractivity contribution in [2.45, 2.75) is 25.9 Å². The van der Waals surface area contributed by atoms with Gasteiger partial charge in [-0.05, 0) is 35.5 Å². The predicted octanol–water partition coefficient (Wildman–Crippen LogP) is 3.09. The summed E-state index contributed by atoms with van der Waals surface area (Å²) in [4.78, 5) is 12.4. The zero-order chi connectivity index (χ0) is 13.7. The molecule has 1 unspecified atom stereocenters. The van der Waals surface area contributed by atoms with Crippen molar-refractivity contribution in [2.24, 2.45) is 0 Å². The summed E-state index contributed by atoms with van der Waals surface area (Å²) in [6.45, 7) is 2.51. The van der Waals surface area contributed by atoms with Crippen LogP contribution in [-0.2, 0) is 6.54 Å². The average Bonchev–Trinajstić information content (AvgIpc) is 2.31. The Morgan fingerprint density at radius 2 is 2.28 bits per heavy atom. The molecular weight excluding hydrogens is 298 g/mol. The lowest BCUT2D eigenvalue weighted by Gasteiger charge is -2.22. The van der Waals surface area contributed by atoms with Crippen molar-refractivity contribution in [1.29, 1.82) is 5.26 Å². The van der Waals surface area contributed by atoms with Gasteiger partial charge in [0.2, 0.25) is 0 Å². The largest absolute Gasteiger partial charge is 0.298 e. The van der Waals surface area contributed by atoms with E-state index in [1.54, 1.807) is 6.07 Å². The van der Waals surface area contributed by atoms with Gasteiger partial charge in [-0.15, -0.1) is 0 Å². The second-order valence-corrected chi connectivity index (χ2v) is 4.93. The van der Waals surface area contributed by atoms with Crippen LogP contribution in [0.25, 0.3) is 0 Å². The van der Waals surface area contributed by atoms with Crippen LogP contribution in [0.15, 0.2) is 22.7 Å². The van der Waals surface area contributed by atoms with Crippen LogP contribution in [0, 0.1) is 21.4 Å². The number of nitro benzene ring substituents is 1. The van der Waals surface area contributed by atoms with Gasteiger partial charge in [-0.1, -0.05) is 12.1 Å². The Morgan fingerprint density at radius 3 is 2.83 bits per heavy atom. The number of rotatable bonds is 5. The fraction of sp³-hybridized carbons (Fsp3) is 0.417. The van der Waals surface area contributed by atoms with Gasteiger partial charge in [0.05, 0.1) is 21.9 Å². The molecule has 0 bridgehead atoms. The molecule has 0 heterocycles. The Kier molecular flexibility index (Phi) is 5.25. The second kappa shape index (κ2) is 6.47. The Balaban J connectivity index is 2.89. The van der Waals surface area contributed by atoms with Crippen molar-refractivity contribution in [3.8, 4) is 6.07 Å². The fourth-order valence-corrected chi connectivity index (χ4v) is 2.08. The quantitative estimate of drug-likeness (QED) is 0.619. The van der Waals surface area contributed by atoms with Gasteiger partial charge in [-0.3, -0.25) is 15.0 Å². The first-order chi connectivity index (χ1) is 8.47. The van der Waals surface area contributed by atoms with Gasteiger partial charge < -0.3 is 0 Å². The van der Waals surface area contributed by atoms with Crippen LogP contribution in [-0.4, -0.2) is 22.9 Å². The highest BCUT2D eigenvalue weighted by Crippen LogP contribution is 2.29. The molecule has 18 heavy (non-hydrogen) atoms. The molecule has 0 radical (unpaired) electrons. The zero-order valence-corrected chi connectivity index (χ0v) is 11.8. The number of benzene rings is 1. The first-order valence-electron chi connectivity index (χ1n) is 5.46. The van der Waals surface area contributed by atoms with Gasteiger partial charge in [-0.25, -0.2) is 0 Å². The van der Waals surface area contributed by atoms with Gasteiger partial charge in [0, 0.05) is 18.7 Å². The summed E-state index contributed by atoms with van der Waals surface area (Å²) >= 11 is 3.27. The molecule has 0 fully saturated rings. The molecule has 1 atom stereocenters. The van der Waals surface area contributed by atoms with Gasteiger partial charge >= 0.3 is 0 Å². The van der Waals surface area contributed by atoms with Gasteiger partial charge in [0.15, 0.2) is 0 Å². The van der Waals surface area contributed by atoms with Crippen LogP contribution in [0.2, 0.25) is 0 Å². The average molecular weight is 312 g/mol. The molecule has 96 valence electrons. The summed E-state index contributed by atoms with van der Waals surface area (Å²) in [5.74, 6) is 0. The highest BCUT2D eigenvalue weighted by Gasteiger charge is 2.17. The molecule has 6 heteroatoms. The Bertz CT molecular complexity index is 485. The lowest BCUT2D eigenvalue weighted by molar-refractivity contribution is -0.385. The van der Waals surface area contributed by atoms with E-state index < -0.39 is 4.92 Å². The maximum Gasteiger partial charge on any atom is 0.283 e. The molecule has 0 aromatic heterocycles. The van der Waals surface area contributed by atoms with Crippen LogP contribution < -0.4 is 0 Å². The molecule has 1 aromatic carbocycles. The van der Waals surface area contributed by atoms with E-state index in [2.05, 4.69) is 22.0 Å². The van der Waals surface area contributed by atoms with E-state index >= 15 is 0 Å². The predicted molar refractivity (Wildman–Crippen MR) is 72.0 cm³/mol. The van der Waals surface area contributed by atoms with Crippen molar-refractivity contribution in [3.05, 3.63) is 38.3 Å².